The van der Waals surface area contributed by atoms with Crippen LogP contribution >= 0.6 is 11.8 Å². The Morgan fingerprint density at radius 2 is 1.37 bits per heavy atom. The number of thioether (sulfide) groups is 1. The molecule has 0 aromatic heterocycles. The molecule has 0 bridgehead atoms. The summed E-state index contributed by atoms with van der Waals surface area (Å²) >= 11 is -0.322. The second kappa shape index (κ2) is 7.88. The summed E-state index contributed by atoms with van der Waals surface area (Å²) in [6.45, 7) is 0. The molecule has 12 heteroatoms. The first-order chi connectivity index (χ1) is 12.5. The Morgan fingerprint density at radius 1 is 0.889 bits per heavy atom. The van der Waals surface area contributed by atoms with Gasteiger partial charge < -0.3 is 17.2 Å². The van der Waals surface area contributed by atoms with Crippen molar-refractivity contribution < 1.29 is 21.6 Å². The van der Waals surface area contributed by atoms with Gasteiger partial charge in [-0.15, -0.1) is 0 Å². The molecule has 0 saturated carbocycles. The van der Waals surface area contributed by atoms with E-state index in [0.717, 1.165) is 24.3 Å². The molecule has 0 unspecified atom stereocenters. The van der Waals surface area contributed by atoms with E-state index in [2.05, 4.69) is 9.98 Å². The molecule has 0 saturated heterocycles. The van der Waals surface area contributed by atoms with Crippen LogP contribution < -0.4 is 17.2 Å². The molecule has 0 aliphatic heterocycles. The van der Waals surface area contributed by atoms with Gasteiger partial charge in [-0.05, 0) is 60.3 Å². The quantitative estimate of drug-likeness (QED) is 0.397. The van der Waals surface area contributed by atoms with Crippen LogP contribution in [0.15, 0.2) is 73.2 Å². The molecular weight excluding hydrogens is 403 g/mol. The van der Waals surface area contributed by atoms with Crippen LogP contribution in [-0.2, 0) is 9.84 Å². The number of hydrogen-bond donors (Lipinski definition) is 3. The Hall–Kier alpha value is -2.73. The topological polar surface area (TPSA) is 137 Å². The van der Waals surface area contributed by atoms with Gasteiger partial charge in [-0.25, -0.2) is 13.4 Å². The van der Waals surface area contributed by atoms with Crippen molar-refractivity contribution in [1.29, 1.82) is 0 Å². The molecule has 0 aliphatic rings. The number of nitrogens with two attached hydrogens (primary N) is 3. The second-order valence-corrected chi connectivity index (χ2v) is 8.11. The summed E-state index contributed by atoms with van der Waals surface area (Å²) in [6, 6.07) is 9.77. The Bertz CT molecular complexity index is 966. The highest BCUT2D eigenvalue weighted by Crippen LogP contribution is 2.37. The number of nitrogens with zero attached hydrogens (tertiary/aromatic N) is 2. The summed E-state index contributed by atoms with van der Waals surface area (Å²) in [7, 11) is -3.90. The van der Waals surface area contributed by atoms with E-state index in [1.165, 1.54) is 24.3 Å². The highest BCUT2D eigenvalue weighted by Gasteiger charge is 2.29. The molecule has 0 heterocycles. The Morgan fingerprint density at radius 3 is 1.81 bits per heavy atom. The van der Waals surface area contributed by atoms with E-state index in [9.17, 15) is 21.6 Å². The number of guanidine groups is 2. The lowest BCUT2D eigenvalue weighted by atomic mass is 10.3. The lowest BCUT2D eigenvalue weighted by molar-refractivity contribution is -0.0328. The fraction of sp³-hybridized carbons (Fsp3) is 0.0667. The normalized spacial score (nSPS) is 12.6. The van der Waals surface area contributed by atoms with E-state index in [1.807, 2.05) is 0 Å². The second-order valence-electron chi connectivity index (χ2n) is 5.02. The van der Waals surface area contributed by atoms with Crippen molar-refractivity contribution in [3.05, 3.63) is 48.5 Å². The van der Waals surface area contributed by atoms with Gasteiger partial charge in [0.15, 0.2) is 5.96 Å². The van der Waals surface area contributed by atoms with Crippen molar-refractivity contribution >= 4 is 39.2 Å². The van der Waals surface area contributed by atoms with Crippen molar-refractivity contribution in [1.82, 2.24) is 0 Å². The first kappa shape index (κ1) is 20.6. The van der Waals surface area contributed by atoms with Gasteiger partial charge in [0, 0.05) is 4.90 Å². The van der Waals surface area contributed by atoms with Crippen molar-refractivity contribution in [2.45, 2.75) is 20.2 Å². The maximum atomic E-state index is 12.6. The largest absolute Gasteiger partial charge is 0.446 e. The highest BCUT2D eigenvalue weighted by atomic mass is 32.2. The number of alkyl halides is 3. The summed E-state index contributed by atoms with van der Waals surface area (Å²) in [6.07, 6.45) is 0. The van der Waals surface area contributed by atoms with Crippen LogP contribution in [0.25, 0.3) is 0 Å². The summed E-state index contributed by atoms with van der Waals surface area (Å²) in [4.78, 5) is 7.11. The maximum absolute atomic E-state index is 12.6. The van der Waals surface area contributed by atoms with Crippen LogP contribution in [0, 0.1) is 0 Å². The van der Waals surface area contributed by atoms with Gasteiger partial charge in [0.05, 0.1) is 15.5 Å². The third-order valence-electron chi connectivity index (χ3n) is 3.00. The van der Waals surface area contributed by atoms with Gasteiger partial charge in [0.2, 0.25) is 15.8 Å². The number of rotatable bonds is 4. The van der Waals surface area contributed by atoms with E-state index in [1.54, 1.807) is 0 Å². The van der Waals surface area contributed by atoms with Crippen LogP contribution in [0.4, 0.5) is 18.9 Å². The van der Waals surface area contributed by atoms with E-state index >= 15 is 0 Å². The monoisotopic (exact) mass is 417 g/mol. The summed E-state index contributed by atoms with van der Waals surface area (Å²) in [5.41, 5.74) is 11.7. The molecule has 2 aromatic carbocycles. The van der Waals surface area contributed by atoms with E-state index < -0.39 is 15.3 Å². The fourth-order valence-electron chi connectivity index (χ4n) is 1.95. The molecule has 0 radical (unpaired) electrons. The molecule has 0 spiro atoms. The van der Waals surface area contributed by atoms with Gasteiger partial charge >= 0.3 is 5.51 Å². The Kier molecular flexibility index (Phi) is 6.01. The average Bonchev–Trinajstić information content (AvgIpc) is 2.53. The van der Waals surface area contributed by atoms with Gasteiger partial charge in [-0.1, -0.05) is 0 Å². The standard InChI is InChI=1S/C15H14F3N5O2S2/c16-15(17,18)26-10-3-7-12(8-4-10)27(24,25)11-5-1-9(2-6-11)22-14(21)23-13(19)20/h1-8H,(H6,19,20,21,22,23). The minimum absolute atomic E-state index is 0.0573. The van der Waals surface area contributed by atoms with Crippen LogP contribution in [0.3, 0.4) is 0 Å². The van der Waals surface area contributed by atoms with E-state index in [0.29, 0.717) is 5.69 Å². The lowest BCUT2D eigenvalue weighted by Crippen LogP contribution is -2.26. The Labute approximate surface area is 157 Å². The molecule has 0 atom stereocenters. The molecule has 2 rings (SSSR count). The number of halogens is 3. The summed E-state index contributed by atoms with van der Waals surface area (Å²) in [5, 5.41) is 0. The predicted octanol–water partition coefficient (Wildman–Crippen LogP) is 2.35. The van der Waals surface area contributed by atoms with Gasteiger partial charge in [0.25, 0.3) is 0 Å². The highest BCUT2D eigenvalue weighted by molar-refractivity contribution is 8.00. The zero-order valence-corrected chi connectivity index (χ0v) is 15.1. The first-order valence-corrected chi connectivity index (χ1v) is 9.42. The molecule has 2 aromatic rings. The molecule has 0 aliphatic carbocycles. The fourth-order valence-corrected chi connectivity index (χ4v) is 3.75. The first-order valence-electron chi connectivity index (χ1n) is 7.12. The van der Waals surface area contributed by atoms with Crippen molar-refractivity contribution in [3.63, 3.8) is 0 Å². The van der Waals surface area contributed by atoms with Crippen LogP contribution in [0.2, 0.25) is 0 Å². The average molecular weight is 417 g/mol. The molecule has 6 N–H and O–H groups in total. The summed E-state index contributed by atoms with van der Waals surface area (Å²) in [5.74, 6) is -0.481. The molecular formula is C15H14F3N5O2S2. The van der Waals surface area contributed by atoms with Crippen molar-refractivity contribution in [3.8, 4) is 0 Å². The molecule has 0 amide bonds. The zero-order chi connectivity index (χ0) is 20.2. The SMILES string of the molecule is NC(N)=NC(N)=Nc1ccc(S(=O)(=O)c2ccc(SC(F)(F)F)cc2)cc1. The van der Waals surface area contributed by atoms with Crippen molar-refractivity contribution in [2.75, 3.05) is 0 Å². The number of aliphatic imine (C=N–C) groups is 2. The smallest absolute Gasteiger partial charge is 0.370 e. The number of benzene rings is 2. The Balaban J connectivity index is 2.25. The van der Waals surface area contributed by atoms with Gasteiger partial charge in [-0.2, -0.15) is 18.2 Å². The zero-order valence-electron chi connectivity index (χ0n) is 13.5. The third-order valence-corrected chi connectivity index (χ3v) is 5.53. The molecule has 0 fully saturated rings. The van der Waals surface area contributed by atoms with E-state index in [-0.39, 0.29) is 38.4 Å². The lowest BCUT2D eigenvalue weighted by Gasteiger charge is -2.08. The minimum atomic E-state index is -4.45. The third kappa shape index (κ3) is 5.89. The van der Waals surface area contributed by atoms with Gasteiger partial charge in [-0.3, -0.25) is 0 Å². The van der Waals surface area contributed by atoms with E-state index in [4.69, 9.17) is 17.2 Å². The van der Waals surface area contributed by atoms with Crippen LogP contribution in [0.1, 0.15) is 0 Å². The summed E-state index contributed by atoms with van der Waals surface area (Å²) < 4.78 is 62.2. The number of sulfone groups is 1. The van der Waals surface area contributed by atoms with Crippen molar-refractivity contribution in [2.24, 2.45) is 27.2 Å². The molecule has 7 nitrogen and oxygen atoms in total. The molecule has 144 valence electrons. The predicted molar refractivity (Wildman–Crippen MR) is 97.3 cm³/mol. The van der Waals surface area contributed by atoms with Crippen LogP contribution in [0.5, 0.6) is 0 Å². The minimum Gasteiger partial charge on any atom is -0.370 e. The van der Waals surface area contributed by atoms with Crippen LogP contribution in [-0.4, -0.2) is 25.8 Å². The van der Waals surface area contributed by atoms with Gasteiger partial charge in [0.1, 0.15) is 0 Å². The molecule has 27 heavy (non-hydrogen) atoms. The number of hydrogen-bond acceptors (Lipinski definition) is 4. The maximum Gasteiger partial charge on any atom is 0.446 e.